The fourth-order valence-electron chi connectivity index (χ4n) is 2.81. The van der Waals surface area contributed by atoms with Crippen molar-refractivity contribution in [1.82, 2.24) is 4.90 Å². The van der Waals surface area contributed by atoms with Gasteiger partial charge in [-0.25, -0.2) is 0 Å². The van der Waals surface area contributed by atoms with Gasteiger partial charge in [-0.05, 0) is 37.5 Å². The molecule has 0 bridgehead atoms. The zero-order valence-corrected chi connectivity index (χ0v) is 9.61. The lowest BCUT2D eigenvalue weighted by Crippen LogP contribution is -2.47. The number of carbonyl (C=O) groups excluding carboxylic acids is 1. The Morgan fingerprint density at radius 2 is 1.73 bits per heavy atom. The molecule has 1 heterocycles. The second-order valence-corrected chi connectivity index (χ2v) is 5.11. The average Bonchev–Trinajstić information content (AvgIpc) is 2.15. The monoisotopic (exact) mass is 210 g/mol. The van der Waals surface area contributed by atoms with Gasteiger partial charge in [0.05, 0.1) is 0 Å². The van der Waals surface area contributed by atoms with E-state index in [2.05, 4.69) is 0 Å². The maximum absolute atomic E-state index is 11.2. The molecule has 1 saturated carbocycles. The second kappa shape index (κ2) is 4.52. The van der Waals surface area contributed by atoms with Crippen LogP contribution < -0.4 is 5.73 Å². The minimum absolute atomic E-state index is 0.214. The van der Waals surface area contributed by atoms with Crippen molar-refractivity contribution in [2.45, 2.75) is 45.1 Å². The van der Waals surface area contributed by atoms with Crippen molar-refractivity contribution >= 4 is 5.91 Å². The third-order valence-corrected chi connectivity index (χ3v) is 4.22. The Morgan fingerprint density at radius 1 is 1.20 bits per heavy atom. The van der Waals surface area contributed by atoms with Gasteiger partial charge in [0.2, 0.25) is 5.91 Å². The van der Waals surface area contributed by atoms with Crippen LogP contribution in [-0.4, -0.2) is 29.9 Å². The lowest BCUT2D eigenvalue weighted by molar-refractivity contribution is -0.130. The molecule has 3 nitrogen and oxygen atoms in total. The maximum Gasteiger partial charge on any atom is 0.219 e. The van der Waals surface area contributed by atoms with Gasteiger partial charge in [-0.1, -0.05) is 6.42 Å². The van der Waals surface area contributed by atoms with Crippen LogP contribution in [0.3, 0.4) is 0 Å². The number of nitrogens with zero attached hydrogens (tertiary/aromatic N) is 1. The van der Waals surface area contributed by atoms with E-state index >= 15 is 0 Å². The third-order valence-electron chi connectivity index (χ3n) is 4.22. The molecule has 1 amide bonds. The largest absolute Gasteiger partial charge is 0.343 e. The number of nitrogens with two attached hydrogens (primary N) is 1. The van der Waals surface area contributed by atoms with E-state index < -0.39 is 0 Å². The summed E-state index contributed by atoms with van der Waals surface area (Å²) in [5, 5.41) is 0. The Labute approximate surface area is 92.0 Å². The molecule has 3 heteroatoms. The molecule has 2 fully saturated rings. The van der Waals surface area contributed by atoms with Gasteiger partial charge in [0.15, 0.2) is 0 Å². The van der Waals surface area contributed by atoms with E-state index in [0.29, 0.717) is 12.0 Å². The van der Waals surface area contributed by atoms with Gasteiger partial charge in [-0.15, -0.1) is 0 Å². The Hall–Kier alpha value is -0.570. The normalized spacial score (nSPS) is 26.1. The van der Waals surface area contributed by atoms with Crippen LogP contribution in [0.25, 0.3) is 0 Å². The molecule has 0 aromatic heterocycles. The van der Waals surface area contributed by atoms with Crippen molar-refractivity contribution in [3.8, 4) is 0 Å². The number of amides is 1. The van der Waals surface area contributed by atoms with Crippen LogP contribution in [0.4, 0.5) is 0 Å². The summed E-state index contributed by atoms with van der Waals surface area (Å²) in [6.45, 7) is 3.49. The molecular weight excluding hydrogens is 188 g/mol. The number of piperidine rings is 1. The van der Waals surface area contributed by atoms with E-state index in [9.17, 15) is 4.79 Å². The summed E-state index contributed by atoms with van der Waals surface area (Å²) in [5.41, 5.74) is 6.27. The van der Waals surface area contributed by atoms with Gasteiger partial charge >= 0.3 is 0 Å². The number of carbonyl (C=O) groups is 1. The molecule has 2 N–H and O–H groups in total. The molecule has 1 saturated heterocycles. The van der Waals surface area contributed by atoms with Crippen LogP contribution >= 0.6 is 0 Å². The second-order valence-electron chi connectivity index (χ2n) is 5.11. The molecule has 2 rings (SSSR count). The highest BCUT2D eigenvalue weighted by molar-refractivity contribution is 5.73. The summed E-state index contributed by atoms with van der Waals surface area (Å²) in [4.78, 5) is 13.1. The highest BCUT2D eigenvalue weighted by Gasteiger charge is 2.32. The lowest BCUT2D eigenvalue weighted by atomic mass is 9.73. The molecule has 1 aliphatic carbocycles. The zero-order valence-electron chi connectivity index (χ0n) is 9.61. The average molecular weight is 210 g/mol. The Bertz CT molecular complexity index is 230. The Morgan fingerprint density at radius 3 is 2.13 bits per heavy atom. The molecule has 0 radical (unpaired) electrons. The fraction of sp³-hybridized carbons (Fsp3) is 0.917. The first kappa shape index (κ1) is 10.9. The molecule has 15 heavy (non-hydrogen) atoms. The predicted octanol–water partition coefficient (Wildman–Crippen LogP) is 1.37. The van der Waals surface area contributed by atoms with Gasteiger partial charge in [-0.3, -0.25) is 4.79 Å². The number of likely N-dealkylation sites (tertiary alicyclic amines) is 1. The highest BCUT2D eigenvalue weighted by Crippen LogP contribution is 2.34. The van der Waals surface area contributed by atoms with Gasteiger partial charge in [0.1, 0.15) is 0 Å². The highest BCUT2D eigenvalue weighted by atomic mass is 16.2. The van der Waals surface area contributed by atoms with Gasteiger partial charge in [-0.2, -0.15) is 0 Å². The van der Waals surface area contributed by atoms with Crippen molar-refractivity contribution in [3.05, 3.63) is 0 Å². The van der Waals surface area contributed by atoms with Crippen LogP contribution in [0.1, 0.15) is 39.0 Å². The van der Waals surface area contributed by atoms with E-state index in [0.717, 1.165) is 31.8 Å². The molecule has 1 atom stereocenters. The van der Waals surface area contributed by atoms with E-state index in [-0.39, 0.29) is 5.91 Å². The smallest absolute Gasteiger partial charge is 0.219 e. The summed E-state index contributed by atoms with van der Waals surface area (Å²) in [5.74, 6) is 1.65. The fourth-order valence-corrected chi connectivity index (χ4v) is 2.81. The number of hydrogen-bond donors (Lipinski definition) is 1. The third kappa shape index (κ3) is 2.33. The molecular formula is C12H22N2O. The van der Waals surface area contributed by atoms with Crippen molar-refractivity contribution in [1.29, 1.82) is 0 Å². The summed E-state index contributed by atoms with van der Waals surface area (Å²) in [7, 11) is 0. The first-order valence-electron chi connectivity index (χ1n) is 6.19. The molecule has 0 aromatic rings. The summed E-state index contributed by atoms with van der Waals surface area (Å²) < 4.78 is 0. The van der Waals surface area contributed by atoms with Crippen LogP contribution in [0.15, 0.2) is 0 Å². The van der Waals surface area contributed by atoms with Gasteiger partial charge in [0, 0.05) is 26.1 Å². The standard InChI is InChI=1S/C12H22N2O/c1-9(15)14-7-5-11(6-8-14)12(13)10-3-2-4-10/h10-12H,2-8,13H2,1H3. The minimum atomic E-state index is 0.214. The molecule has 2 aliphatic rings. The molecule has 86 valence electrons. The Balaban J connectivity index is 1.79. The zero-order chi connectivity index (χ0) is 10.8. The predicted molar refractivity (Wildman–Crippen MR) is 60.3 cm³/mol. The van der Waals surface area contributed by atoms with Crippen LogP contribution in [0.2, 0.25) is 0 Å². The van der Waals surface area contributed by atoms with Crippen LogP contribution in [0.5, 0.6) is 0 Å². The van der Waals surface area contributed by atoms with E-state index in [1.807, 2.05) is 4.90 Å². The number of hydrogen-bond acceptors (Lipinski definition) is 2. The van der Waals surface area contributed by atoms with Crippen LogP contribution in [0, 0.1) is 11.8 Å². The van der Waals surface area contributed by atoms with Crippen molar-refractivity contribution in [2.24, 2.45) is 17.6 Å². The van der Waals surface area contributed by atoms with Gasteiger partial charge < -0.3 is 10.6 Å². The van der Waals surface area contributed by atoms with Crippen LogP contribution in [-0.2, 0) is 4.79 Å². The van der Waals surface area contributed by atoms with Crippen molar-refractivity contribution in [2.75, 3.05) is 13.1 Å². The number of rotatable bonds is 2. The van der Waals surface area contributed by atoms with Gasteiger partial charge in [0.25, 0.3) is 0 Å². The first-order valence-corrected chi connectivity index (χ1v) is 6.19. The quantitative estimate of drug-likeness (QED) is 0.748. The molecule has 0 aromatic carbocycles. The maximum atomic E-state index is 11.2. The topological polar surface area (TPSA) is 46.3 Å². The molecule has 1 unspecified atom stereocenters. The molecule has 1 aliphatic heterocycles. The summed E-state index contributed by atoms with van der Waals surface area (Å²) in [6, 6.07) is 0.396. The first-order chi connectivity index (χ1) is 7.18. The van der Waals surface area contributed by atoms with E-state index in [4.69, 9.17) is 5.73 Å². The van der Waals surface area contributed by atoms with E-state index in [1.165, 1.54) is 19.3 Å². The SMILES string of the molecule is CC(=O)N1CCC(C(N)C2CCC2)CC1. The summed E-state index contributed by atoms with van der Waals surface area (Å²) >= 11 is 0. The lowest BCUT2D eigenvalue weighted by Gasteiger charge is -2.40. The van der Waals surface area contributed by atoms with Crippen molar-refractivity contribution in [3.63, 3.8) is 0 Å². The van der Waals surface area contributed by atoms with Crippen molar-refractivity contribution < 1.29 is 4.79 Å². The summed E-state index contributed by atoms with van der Waals surface area (Å²) in [6.07, 6.45) is 6.24. The Kier molecular flexibility index (Phi) is 3.29. The van der Waals surface area contributed by atoms with E-state index in [1.54, 1.807) is 6.92 Å². The molecule has 0 spiro atoms. The minimum Gasteiger partial charge on any atom is -0.343 e.